The maximum atomic E-state index is 12.9. The van der Waals surface area contributed by atoms with E-state index in [4.69, 9.17) is 0 Å². The van der Waals surface area contributed by atoms with Crippen LogP contribution in [0.2, 0.25) is 0 Å². The van der Waals surface area contributed by atoms with E-state index in [0.29, 0.717) is 0 Å². The summed E-state index contributed by atoms with van der Waals surface area (Å²) in [7, 11) is 0. The largest absolute Gasteiger partial charge is 0.227 e. The SMILES string of the molecule is Fc1ccc(-n2nccc2I)c(I)c1. The Hall–Kier alpha value is -0.180. The molecular formula is C9H5FI2N2. The van der Waals surface area contributed by atoms with Crippen molar-refractivity contribution in [2.75, 3.05) is 0 Å². The van der Waals surface area contributed by atoms with E-state index in [-0.39, 0.29) is 5.82 Å². The lowest BCUT2D eigenvalue weighted by molar-refractivity contribution is 0.625. The summed E-state index contributed by atoms with van der Waals surface area (Å²) in [5.74, 6) is -0.222. The van der Waals surface area contributed by atoms with Crippen LogP contribution in [0.3, 0.4) is 0 Å². The second kappa shape index (κ2) is 4.13. The molecule has 0 saturated carbocycles. The van der Waals surface area contributed by atoms with Gasteiger partial charge in [-0.25, -0.2) is 9.07 Å². The molecule has 2 rings (SSSR count). The fraction of sp³-hybridized carbons (Fsp3) is 0. The number of rotatable bonds is 1. The smallest absolute Gasteiger partial charge is 0.124 e. The summed E-state index contributed by atoms with van der Waals surface area (Å²) in [6.07, 6.45) is 1.72. The number of benzene rings is 1. The fourth-order valence-electron chi connectivity index (χ4n) is 1.12. The molecule has 0 aliphatic carbocycles. The minimum atomic E-state index is -0.222. The first-order valence-electron chi connectivity index (χ1n) is 3.83. The van der Waals surface area contributed by atoms with Crippen molar-refractivity contribution in [1.29, 1.82) is 0 Å². The zero-order valence-corrected chi connectivity index (χ0v) is 11.2. The van der Waals surface area contributed by atoms with Crippen molar-refractivity contribution in [3.8, 4) is 5.69 Å². The number of hydrogen-bond acceptors (Lipinski definition) is 1. The summed E-state index contributed by atoms with van der Waals surface area (Å²) in [6.45, 7) is 0. The van der Waals surface area contributed by atoms with Crippen molar-refractivity contribution < 1.29 is 4.39 Å². The molecule has 1 aromatic heterocycles. The molecule has 14 heavy (non-hydrogen) atoms. The van der Waals surface area contributed by atoms with E-state index < -0.39 is 0 Å². The van der Waals surface area contributed by atoms with Crippen LogP contribution in [0.1, 0.15) is 0 Å². The van der Waals surface area contributed by atoms with Gasteiger partial charge in [-0.3, -0.25) is 0 Å². The second-order valence-electron chi connectivity index (χ2n) is 2.66. The Morgan fingerprint density at radius 1 is 1.21 bits per heavy atom. The van der Waals surface area contributed by atoms with Gasteiger partial charge in [0, 0.05) is 3.57 Å². The van der Waals surface area contributed by atoms with Crippen LogP contribution in [0.5, 0.6) is 0 Å². The number of nitrogens with zero attached hydrogens (tertiary/aromatic N) is 2. The zero-order valence-electron chi connectivity index (χ0n) is 6.92. The molecule has 0 spiro atoms. The molecule has 72 valence electrons. The fourth-order valence-corrected chi connectivity index (χ4v) is 2.37. The summed E-state index contributed by atoms with van der Waals surface area (Å²) in [5, 5.41) is 4.16. The van der Waals surface area contributed by atoms with Crippen molar-refractivity contribution in [2.24, 2.45) is 0 Å². The monoisotopic (exact) mass is 414 g/mol. The summed E-state index contributed by atoms with van der Waals surface area (Å²) >= 11 is 4.29. The van der Waals surface area contributed by atoms with Gasteiger partial charge in [-0.1, -0.05) is 0 Å². The molecule has 5 heteroatoms. The van der Waals surface area contributed by atoms with Crippen molar-refractivity contribution in [3.05, 3.63) is 43.6 Å². The van der Waals surface area contributed by atoms with Gasteiger partial charge >= 0.3 is 0 Å². The van der Waals surface area contributed by atoms with E-state index in [1.807, 2.05) is 6.07 Å². The third kappa shape index (κ3) is 1.92. The quantitative estimate of drug-likeness (QED) is 0.656. The molecule has 0 N–H and O–H groups in total. The Kier molecular flexibility index (Phi) is 3.05. The topological polar surface area (TPSA) is 17.8 Å². The predicted octanol–water partition coefficient (Wildman–Crippen LogP) is 3.22. The average molecular weight is 414 g/mol. The molecular weight excluding hydrogens is 409 g/mol. The van der Waals surface area contributed by atoms with Crippen LogP contribution >= 0.6 is 45.2 Å². The molecule has 0 radical (unpaired) electrons. The van der Waals surface area contributed by atoms with Crippen LogP contribution in [0.15, 0.2) is 30.5 Å². The molecule has 2 aromatic rings. The van der Waals surface area contributed by atoms with Gasteiger partial charge in [0.25, 0.3) is 0 Å². The molecule has 1 aromatic carbocycles. The van der Waals surface area contributed by atoms with Crippen molar-refractivity contribution in [1.82, 2.24) is 9.78 Å². The Bertz CT molecular complexity index is 468. The van der Waals surface area contributed by atoms with Gasteiger partial charge in [-0.05, 0) is 69.4 Å². The van der Waals surface area contributed by atoms with Gasteiger partial charge in [-0.15, -0.1) is 0 Å². The Balaban J connectivity index is 2.58. The first kappa shape index (κ1) is 10.3. The highest BCUT2D eigenvalue weighted by Gasteiger charge is 2.06. The van der Waals surface area contributed by atoms with Gasteiger partial charge < -0.3 is 0 Å². The Labute approximate surface area is 108 Å². The van der Waals surface area contributed by atoms with Gasteiger partial charge in [0.05, 0.1) is 11.9 Å². The van der Waals surface area contributed by atoms with E-state index in [0.717, 1.165) is 13.0 Å². The third-order valence-electron chi connectivity index (χ3n) is 1.73. The van der Waals surface area contributed by atoms with Gasteiger partial charge in [0.1, 0.15) is 9.52 Å². The third-order valence-corrected chi connectivity index (χ3v) is 3.42. The first-order chi connectivity index (χ1) is 6.68. The summed E-state index contributed by atoms with van der Waals surface area (Å²) < 4.78 is 16.5. The van der Waals surface area contributed by atoms with Crippen LogP contribution in [0.25, 0.3) is 5.69 Å². The van der Waals surface area contributed by atoms with Gasteiger partial charge in [-0.2, -0.15) is 5.10 Å². The van der Waals surface area contributed by atoms with E-state index >= 15 is 0 Å². The van der Waals surface area contributed by atoms with Crippen molar-refractivity contribution >= 4 is 45.2 Å². The molecule has 1 heterocycles. The second-order valence-corrected chi connectivity index (χ2v) is 4.93. The Morgan fingerprint density at radius 3 is 2.57 bits per heavy atom. The van der Waals surface area contributed by atoms with Crippen LogP contribution in [0, 0.1) is 13.1 Å². The minimum absolute atomic E-state index is 0.222. The molecule has 0 saturated heterocycles. The van der Waals surface area contributed by atoms with E-state index in [2.05, 4.69) is 50.3 Å². The Morgan fingerprint density at radius 2 is 2.00 bits per heavy atom. The predicted molar refractivity (Wildman–Crippen MR) is 69.0 cm³/mol. The summed E-state index contributed by atoms with van der Waals surface area (Å²) in [4.78, 5) is 0. The van der Waals surface area contributed by atoms with Crippen molar-refractivity contribution in [2.45, 2.75) is 0 Å². The van der Waals surface area contributed by atoms with Crippen LogP contribution in [-0.4, -0.2) is 9.78 Å². The minimum Gasteiger partial charge on any atom is -0.227 e. The van der Waals surface area contributed by atoms with Gasteiger partial charge in [0.15, 0.2) is 0 Å². The summed E-state index contributed by atoms with van der Waals surface area (Å²) in [5.41, 5.74) is 0.904. The highest BCUT2D eigenvalue weighted by atomic mass is 127. The molecule has 0 aliphatic heterocycles. The number of hydrogen-bond donors (Lipinski definition) is 0. The lowest BCUT2D eigenvalue weighted by Gasteiger charge is -2.05. The maximum Gasteiger partial charge on any atom is 0.124 e. The van der Waals surface area contributed by atoms with E-state index in [9.17, 15) is 4.39 Å². The summed E-state index contributed by atoms with van der Waals surface area (Å²) in [6, 6.07) is 6.56. The zero-order chi connectivity index (χ0) is 10.1. The maximum absolute atomic E-state index is 12.9. The highest BCUT2D eigenvalue weighted by molar-refractivity contribution is 14.1. The van der Waals surface area contributed by atoms with Gasteiger partial charge in [0.2, 0.25) is 0 Å². The number of halogens is 3. The molecule has 2 nitrogen and oxygen atoms in total. The first-order valence-corrected chi connectivity index (χ1v) is 5.99. The van der Waals surface area contributed by atoms with Crippen molar-refractivity contribution in [3.63, 3.8) is 0 Å². The van der Waals surface area contributed by atoms with Crippen LogP contribution < -0.4 is 0 Å². The molecule has 0 fully saturated rings. The highest BCUT2D eigenvalue weighted by Crippen LogP contribution is 2.19. The van der Waals surface area contributed by atoms with E-state index in [1.54, 1.807) is 16.9 Å². The normalized spacial score (nSPS) is 10.5. The van der Waals surface area contributed by atoms with Crippen LogP contribution in [-0.2, 0) is 0 Å². The lowest BCUT2D eigenvalue weighted by Crippen LogP contribution is -2.01. The average Bonchev–Trinajstić information content (AvgIpc) is 2.52. The molecule has 0 unspecified atom stereocenters. The standard InChI is InChI=1S/C9H5FI2N2/c10-6-1-2-8(7(11)5-6)14-9(12)3-4-13-14/h1-5H. The van der Waals surface area contributed by atoms with Crippen LogP contribution in [0.4, 0.5) is 4.39 Å². The molecule has 0 atom stereocenters. The molecule has 0 amide bonds. The molecule has 0 bridgehead atoms. The number of aromatic nitrogens is 2. The van der Waals surface area contributed by atoms with E-state index in [1.165, 1.54) is 12.1 Å². The lowest BCUT2D eigenvalue weighted by atomic mass is 10.3. The molecule has 0 aliphatic rings.